The third-order valence-electron chi connectivity index (χ3n) is 5.26. The Morgan fingerprint density at radius 3 is 2.81 bits per heavy atom. The van der Waals surface area contributed by atoms with Crippen molar-refractivity contribution in [2.75, 3.05) is 18.0 Å². The Kier molecular flexibility index (Phi) is 4.67. The number of hydrogen-bond donors (Lipinski definition) is 2. The number of carbonyl (C=O) groups is 1. The number of aldehydes is 1. The predicted molar refractivity (Wildman–Crippen MR) is 109 cm³/mol. The number of aryl methyl sites for hydroxylation is 1. The summed E-state index contributed by atoms with van der Waals surface area (Å²) in [6.07, 6.45) is 4.80. The number of carbonyl (C=O) groups excluding carboxylic acids is 1. The van der Waals surface area contributed by atoms with Crippen molar-refractivity contribution in [3.63, 3.8) is 0 Å². The van der Waals surface area contributed by atoms with Crippen LogP contribution in [0.1, 0.15) is 24.0 Å². The van der Waals surface area contributed by atoms with Crippen LogP contribution >= 0.6 is 0 Å². The van der Waals surface area contributed by atoms with Gasteiger partial charge in [0.15, 0.2) is 5.88 Å². The van der Waals surface area contributed by atoms with Crippen LogP contribution in [-0.4, -0.2) is 35.7 Å². The van der Waals surface area contributed by atoms with Crippen LogP contribution in [0.2, 0.25) is 0 Å². The molecule has 0 bridgehead atoms. The molecule has 0 aliphatic carbocycles. The zero-order valence-corrected chi connectivity index (χ0v) is 15.4. The summed E-state index contributed by atoms with van der Waals surface area (Å²) in [6, 6.07) is 13.9. The second-order valence-corrected chi connectivity index (χ2v) is 7.14. The molecule has 1 saturated heterocycles. The summed E-state index contributed by atoms with van der Waals surface area (Å²) in [6.45, 7) is 3.79. The second kappa shape index (κ2) is 7.27. The van der Waals surface area contributed by atoms with Crippen molar-refractivity contribution >= 4 is 34.8 Å². The molecule has 0 amide bonds. The van der Waals surface area contributed by atoms with Gasteiger partial charge in [-0.1, -0.05) is 12.1 Å². The van der Waals surface area contributed by atoms with Gasteiger partial charge in [-0.05, 0) is 55.7 Å². The number of aromatic nitrogens is 1. The van der Waals surface area contributed by atoms with E-state index >= 15 is 0 Å². The van der Waals surface area contributed by atoms with E-state index in [0.717, 1.165) is 60.1 Å². The molecule has 0 spiro atoms. The summed E-state index contributed by atoms with van der Waals surface area (Å²) >= 11 is 0. The maximum absolute atomic E-state index is 11.1. The third-order valence-corrected chi connectivity index (χ3v) is 5.26. The van der Waals surface area contributed by atoms with Crippen molar-refractivity contribution in [1.29, 1.82) is 0 Å². The van der Waals surface area contributed by atoms with Crippen LogP contribution in [0.5, 0.6) is 5.88 Å². The molecule has 1 aliphatic rings. The highest BCUT2D eigenvalue weighted by Gasteiger charge is 2.19. The van der Waals surface area contributed by atoms with Gasteiger partial charge in [-0.2, -0.15) is 0 Å². The number of aromatic amines is 1. The van der Waals surface area contributed by atoms with Crippen molar-refractivity contribution in [2.24, 2.45) is 10.9 Å². The van der Waals surface area contributed by atoms with Crippen LogP contribution in [0.25, 0.3) is 10.9 Å². The molecule has 1 aromatic heterocycles. The first-order valence-corrected chi connectivity index (χ1v) is 9.30. The summed E-state index contributed by atoms with van der Waals surface area (Å²) in [7, 11) is 0. The van der Waals surface area contributed by atoms with E-state index in [9.17, 15) is 9.90 Å². The number of aromatic hydroxyl groups is 1. The monoisotopic (exact) mass is 361 g/mol. The highest BCUT2D eigenvalue weighted by molar-refractivity contribution is 6.04. The number of anilines is 1. The first-order chi connectivity index (χ1) is 13.2. The molecular weight excluding hydrogens is 338 g/mol. The SMILES string of the molecule is Cc1cccc2[nH]c(O)c(C=Nc3ccc(N4CCCC(C=O)C4)cc3)c12. The largest absolute Gasteiger partial charge is 0.494 e. The quantitative estimate of drug-likeness (QED) is 0.536. The van der Waals surface area contributed by atoms with Crippen LogP contribution < -0.4 is 4.90 Å². The molecule has 4 rings (SSSR count). The van der Waals surface area contributed by atoms with Crippen LogP contribution in [0, 0.1) is 12.8 Å². The molecule has 0 saturated carbocycles. The minimum absolute atomic E-state index is 0.129. The third kappa shape index (κ3) is 3.45. The zero-order chi connectivity index (χ0) is 18.8. The molecule has 1 unspecified atom stereocenters. The molecule has 1 fully saturated rings. The number of benzene rings is 2. The highest BCUT2D eigenvalue weighted by atomic mass is 16.3. The van der Waals surface area contributed by atoms with Crippen molar-refractivity contribution in [3.05, 3.63) is 53.6 Å². The molecule has 5 nitrogen and oxygen atoms in total. The Morgan fingerprint density at radius 2 is 2.04 bits per heavy atom. The van der Waals surface area contributed by atoms with Crippen molar-refractivity contribution < 1.29 is 9.90 Å². The lowest BCUT2D eigenvalue weighted by molar-refractivity contribution is -0.111. The first-order valence-electron chi connectivity index (χ1n) is 9.30. The maximum Gasteiger partial charge on any atom is 0.198 e. The number of piperidine rings is 1. The van der Waals surface area contributed by atoms with Gasteiger partial charge < -0.3 is 19.8 Å². The fraction of sp³-hybridized carbons (Fsp3) is 0.273. The number of fused-ring (bicyclic) bond motifs is 1. The number of nitrogens with one attached hydrogen (secondary N) is 1. The molecule has 3 aromatic rings. The second-order valence-electron chi connectivity index (χ2n) is 7.14. The van der Waals surface area contributed by atoms with Gasteiger partial charge in [-0.25, -0.2) is 0 Å². The van der Waals surface area contributed by atoms with Gasteiger partial charge in [0.05, 0.1) is 11.3 Å². The fourth-order valence-electron chi connectivity index (χ4n) is 3.81. The average Bonchev–Trinajstić information content (AvgIpc) is 3.03. The summed E-state index contributed by atoms with van der Waals surface area (Å²) < 4.78 is 0. The van der Waals surface area contributed by atoms with Crippen LogP contribution in [0.3, 0.4) is 0 Å². The molecular formula is C22H23N3O2. The van der Waals surface area contributed by atoms with Crippen molar-refractivity contribution in [2.45, 2.75) is 19.8 Å². The molecule has 27 heavy (non-hydrogen) atoms. The Labute approximate surface area is 158 Å². The number of nitrogens with zero attached hydrogens (tertiary/aromatic N) is 2. The Bertz CT molecular complexity index is 989. The van der Waals surface area contributed by atoms with Gasteiger partial charge in [0, 0.05) is 41.8 Å². The van der Waals surface area contributed by atoms with E-state index < -0.39 is 0 Å². The molecule has 2 aromatic carbocycles. The van der Waals surface area contributed by atoms with Crippen molar-refractivity contribution in [1.82, 2.24) is 4.98 Å². The number of aliphatic imine (C=N–C) groups is 1. The fourth-order valence-corrected chi connectivity index (χ4v) is 3.81. The molecule has 138 valence electrons. The highest BCUT2D eigenvalue weighted by Crippen LogP contribution is 2.29. The molecule has 2 N–H and O–H groups in total. The molecule has 0 radical (unpaired) electrons. The average molecular weight is 361 g/mol. The Hall–Kier alpha value is -3.08. The standard InChI is InChI=1S/C22H23N3O2/c1-15-4-2-6-20-21(15)19(22(27)24-20)12-23-17-7-9-18(10-8-17)25-11-3-5-16(13-25)14-26/h2,4,6-10,12,14,16,24,27H,3,5,11,13H2,1H3. The van der Waals surface area contributed by atoms with Gasteiger partial charge in [0.2, 0.25) is 0 Å². The van der Waals surface area contributed by atoms with Crippen molar-refractivity contribution in [3.8, 4) is 5.88 Å². The Morgan fingerprint density at radius 1 is 1.22 bits per heavy atom. The summed E-state index contributed by atoms with van der Waals surface area (Å²) in [5.41, 5.74) is 4.64. The first kappa shape index (κ1) is 17.3. The summed E-state index contributed by atoms with van der Waals surface area (Å²) in [5.74, 6) is 0.262. The van der Waals surface area contributed by atoms with E-state index in [1.807, 2.05) is 49.4 Å². The van der Waals surface area contributed by atoms with E-state index in [1.54, 1.807) is 6.21 Å². The number of hydrogen-bond acceptors (Lipinski definition) is 4. The predicted octanol–water partition coefficient (Wildman–Crippen LogP) is 4.35. The smallest absolute Gasteiger partial charge is 0.198 e. The van der Waals surface area contributed by atoms with Gasteiger partial charge in [-0.3, -0.25) is 4.99 Å². The number of rotatable bonds is 4. The lowest BCUT2D eigenvalue weighted by Gasteiger charge is -2.32. The van der Waals surface area contributed by atoms with Crippen LogP contribution in [0.15, 0.2) is 47.5 Å². The minimum atomic E-state index is 0.129. The van der Waals surface area contributed by atoms with E-state index in [-0.39, 0.29) is 11.8 Å². The minimum Gasteiger partial charge on any atom is -0.494 e. The van der Waals surface area contributed by atoms with E-state index in [0.29, 0.717) is 5.56 Å². The normalized spacial score (nSPS) is 17.7. The molecule has 1 aliphatic heterocycles. The van der Waals surface area contributed by atoms with Gasteiger partial charge >= 0.3 is 0 Å². The number of H-pyrrole nitrogens is 1. The van der Waals surface area contributed by atoms with Gasteiger partial charge in [0.1, 0.15) is 6.29 Å². The molecule has 5 heteroatoms. The van der Waals surface area contributed by atoms with E-state index in [1.165, 1.54) is 0 Å². The van der Waals surface area contributed by atoms with E-state index in [2.05, 4.69) is 14.9 Å². The Balaban J connectivity index is 1.55. The topological polar surface area (TPSA) is 68.7 Å². The summed E-state index contributed by atoms with van der Waals surface area (Å²) in [5, 5.41) is 11.2. The van der Waals surface area contributed by atoms with Crippen LogP contribution in [0.4, 0.5) is 11.4 Å². The zero-order valence-electron chi connectivity index (χ0n) is 15.4. The van der Waals surface area contributed by atoms with Gasteiger partial charge in [-0.15, -0.1) is 0 Å². The van der Waals surface area contributed by atoms with Crippen LogP contribution in [-0.2, 0) is 4.79 Å². The van der Waals surface area contributed by atoms with Gasteiger partial charge in [0.25, 0.3) is 0 Å². The lowest BCUT2D eigenvalue weighted by atomic mass is 9.99. The van der Waals surface area contributed by atoms with E-state index in [4.69, 9.17) is 0 Å². The molecule has 1 atom stereocenters. The lowest BCUT2D eigenvalue weighted by Crippen LogP contribution is -2.35. The maximum atomic E-state index is 11.1. The summed E-state index contributed by atoms with van der Waals surface area (Å²) in [4.78, 5) is 20.9. The molecule has 2 heterocycles.